The summed E-state index contributed by atoms with van der Waals surface area (Å²) in [5.41, 5.74) is 6.53. The van der Waals surface area contributed by atoms with Gasteiger partial charge in [-0.3, -0.25) is 0 Å². The largest absolute Gasteiger partial charge is 0.346 e. The molecule has 0 radical (unpaired) electrons. The maximum atomic E-state index is 12.3. The monoisotopic (exact) mass is 310 g/mol. The molecule has 8 nitrogen and oxygen atoms in total. The molecule has 3 rings (SSSR count). The van der Waals surface area contributed by atoms with Crippen molar-refractivity contribution in [3.63, 3.8) is 0 Å². The van der Waals surface area contributed by atoms with Gasteiger partial charge in [-0.25, -0.2) is 13.1 Å². The second-order valence-corrected chi connectivity index (χ2v) is 6.96. The number of nitrogens with two attached hydrogens (primary N) is 1. The van der Waals surface area contributed by atoms with Crippen LogP contribution < -0.4 is 10.5 Å². The molecule has 114 valence electrons. The summed E-state index contributed by atoms with van der Waals surface area (Å²) < 4.78 is 30.9. The van der Waals surface area contributed by atoms with Gasteiger partial charge in [-0.2, -0.15) is 0 Å². The Morgan fingerprint density at radius 3 is 2.81 bits per heavy atom. The van der Waals surface area contributed by atoms with Crippen LogP contribution in [0.25, 0.3) is 0 Å². The molecular formula is C12H18N6O2S. The van der Waals surface area contributed by atoms with Gasteiger partial charge in [0, 0.05) is 31.5 Å². The molecule has 1 aliphatic rings. The van der Waals surface area contributed by atoms with E-state index in [0.717, 1.165) is 18.5 Å². The lowest BCUT2D eigenvalue weighted by Crippen LogP contribution is -2.24. The van der Waals surface area contributed by atoms with Crippen LogP contribution in [0, 0.1) is 0 Å². The molecule has 1 saturated carbocycles. The number of rotatable bonds is 6. The first-order valence-corrected chi connectivity index (χ1v) is 8.23. The molecule has 0 aromatic carbocycles. The summed E-state index contributed by atoms with van der Waals surface area (Å²) in [6.07, 6.45) is 5.35. The molecule has 0 saturated heterocycles. The molecule has 0 spiro atoms. The third-order valence-corrected chi connectivity index (χ3v) is 4.96. The Kier molecular flexibility index (Phi) is 3.56. The highest BCUT2D eigenvalue weighted by Crippen LogP contribution is 2.37. The van der Waals surface area contributed by atoms with Crippen molar-refractivity contribution >= 4 is 10.0 Å². The normalized spacial score (nSPS) is 15.5. The number of aryl methyl sites for hydroxylation is 1. The highest BCUT2D eigenvalue weighted by Gasteiger charge is 2.27. The zero-order valence-corrected chi connectivity index (χ0v) is 12.5. The molecule has 2 heterocycles. The zero-order chi connectivity index (χ0) is 15.0. The van der Waals surface area contributed by atoms with Crippen LogP contribution in [0.3, 0.4) is 0 Å². The number of sulfonamides is 1. The summed E-state index contributed by atoms with van der Waals surface area (Å²) in [5, 5.41) is 7.57. The van der Waals surface area contributed by atoms with E-state index in [9.17, 15) is 8.42 Å². The van der Waals surface area contributed by atoms with Gasteiger partial charge in [-0.05, 0) is 18.9 Å². The van der Waals surface area contributed by atoms with Crippen LogP contribution >= 0.6 is 0 Å². The quantitative estimate of drug-likeness (QED) is 0.774. The van der Waals surface area contributed by atoms with Crippen molar-refractivity contribution in [3.05, 3.63) is 30.1 Å². The summed E-state index contributed by atoms with van der Waals surface area (Å²) >= 11 is 0. The molecule has 0 aliphatic heterocycles. The average Bonchev–Trinajstić information content (AvgIpc) is 3.06. The molecule has 2 aromatic rings. The highest BCUT2D eigenvalue weighted by atomic mass is 32.2. The van der Waals surface area contributed by atoms with Crippen molar-refractivity contribution < 1.29 is 8.42 Å². The Bertz CT molecular complexity index is 744. The zero-order valence-electron chi connectivity index (χ0n) is 11.7. The topological polar surface area (TPSA) is 108 Å². The van der Waals surface area contributed by atoms with Crippen LogP contribution in [0.15, 0.2) is 23.5 Å². The van der Waals surface area contributed by atoms with Gasteiger partial charge in [-0.1, -0.05) is 0 Å². The number of nitrogens with zero attached hydrogens (tertiary/aromatic N) is 4. The SMILES string of the molecule is Cn1cnnc1CNS(=O)(=O)c1cc(CN)n(C2CC2)c1. The first-order chi connectivity index (χ1) is 10.0. The van der Waals surface area contributed by atoms with E-state index in [0.29, 0.717) is 18.4 Å². The third kappa shape index (κ3) is 2.85. The van der Waals surface area contributed by atoms with E-state index in [1.165, 1.54) is 6.33 Å². The molecular weight excluding hydrogens is 292 g/mol. The maximum absolute atomic E-state index is 12.3. The number of nitrogens with one attached hydrogen (secondary N) is 1. The standard InChI is InChI=1S/C12H18N6O2S/c1-17-8-14-16-12(17)6-15-21(19,20)11-4-10(5-13)18(7-11)9-2-3-9/h4,7-9,15H,2-3,5-6,13H2,1H3. The molecule has 21 heavy (non-hydrogen) atoms. The molecule has 1 aliphatic carbocycles. The molecule has 3 N–H and O–H groups in total. The maximum Gasteiger partial charge on any atom is 0.242 e. The van der Waals surface area contributed by atoms with E-state index in [2.05, 4.69) is 14.9 Å². The van der Waals surface area contributed by atoms with E-state index < -0.39 is 10.0 Å². The van der Waals surface area contributed by atoms with Crippen molar-refractivity contribution in [2.45, 2.75) is 36.9 Å². The first kappa shape index (κ1) is 14.2. The third-order valence-electron chi connectivity index (χ3n) is 3.59. The molecule has 0 atom stereocenters. The second kappa shape index (κ2) is 5.24. The van der Waals surface area contributed by atoms with Crippen LogP contribution in [-0.2, 0) is 30.2 Å². The molecule has 9 heteroatoms. The Labute approximate surface area is 123 Å². The molecule has 1 fully saturated rings. The fourth-order valence-electron chi connectivity index (χ4n) is 2.21. The second-order valence-electron chi connectivity index (χ2n) is 5.19. The highest BCUT2D eigenvalue weighted by molar-refractivity contribution is 7.89. The van der Waals surface area contributed by atoms with Gasteiger partial charge in [0.15, 0.2) is 0 Å². The Morgan fingerprint density at radius 2 is 2.24 bits per heavy atom. The predicted molar refractivity (Wildman–Crippen MR) is 75.6 cm³/mol. The fourth-order valence-corrected chi connectivity index (χ4v) is 3.24. The van der Waals surface area contributed by atoms with Crippen LogP contribution in [0.1, 0.15) is 30.4 Å². The molecule has 0 amide bonds. The van der Waals surface area contributed by atoms with Crippen molar-refractivity contribution in [1.29, 1.82) is 0 Å². The summed E-state index contributed by atoms with van der Waals surface area (Å²) in [6.45, 7) is 0.431. The van der Waals surface area contributed by atoms with Gasteiger partial charge in [0.2, 0.25) is 10.0 Å². The predicted octanol–water partition coefficient (Wildman–Crippen LogP) is -0.111. The van der Waals surface area contributed by atoms with Gasteiger partial charge in [0.25, 0.3) is 0 Å². The smallest absolute Gasteiger partial charge is 0.242 e. The average molecular weight is 310 g/mol. The lowest BCUT2D eigenvalue weighted by molar-refractivity contribution is 0.577. The minimum absolute atomic E-state index is 0.103. The molecule has 2 aromatic heterocycles. The van der Waals surface area contributed by atoms with E-state index >= 15 is 0 Å². The van der Waals surface area contributed by atoms with Crippen molar-refractivity contribution in [2.24, 2.45) is 12.8 Å². The van der Waals surface area contributed by atoms with Crippen LogP contribution in [0.2, 0.25) is 0 Å². The minimum Gasteiger partial charge on any atom is -0.346 e. The molecule has 0 unspecified atom stereocenters. The molecule has 0 bridgehead atoms. The fraction of sp³-hybridized carbons (Fsp3) is 0.500. The van der Waals surface area contributed by atoms with Crippen LogP contribution in [0.5, 0.6) is 0 Å². The number of aromatic nitrogens is 4. The van der Waals surface area contributed by atoms with Gasteiger partial charge >= 0.3 is 0 Å². The van der Waals surface area contributed by atoms with Gasteiger partial charge in [-0.15, -0.1) is 10.2 Å². The Balaban J connectivity index is 1.79. The summed E-state index contributed by atoms with van der Waals surface area (Å²) in [4.78, 5) is 0.247. The lowest BCUT2D eigenvalue weighted by atomic mass is 10.4. The van der Waals surface area contributed by atoms with E-state index in [1.807, 2.05) is 4.57 Å². The van der Waals surface area contributed by atoms with Gasteiger partial charge in [0.1, 0.15) is 12.2 Å². The lowest BCUT2D eigenvalue weighted by Gasteiger charge is -2.04. The minimum atomic E-state index is -3.58. The van der Waals surface area contributed by atoms with E-state index in [1.54, 1.807) is 23.9 Å². The number of hydrogen-bond donors (Lipinski definition) is 2. The van der Waals surface area contributed by atoms with Crippen LogP contribution in [0.4, 0.5) is 0 Å². The van der Waals surface area contributed by atoms with Crippen LogP contribution in [-0.4, -0.2) is 27.7 Å². The number of hydrogen-bond acceptors (Lipinski definition) is 5. The van der Waals surface area contributed by atoms with Gasteiger partial charge in [0.05, 0.1) is 11.4 Å². The van der Waals surface area contributed by atoms with Crippen molar-refractivity contribution in [1.82, 2.24) is 24.1 Å². The van der Waals surface area contributed by atoms with E-state index in [-0.39, 0.29) is 11.4 Å². The van der Waals surface area contributed by atoms with Crippen molar-refractivity contribution in [3.8, 4) is 0 Å². The summed E-state index contributed by atoms with van der Waals surface area (Å²) in [6, 6.07) is 2.03. The summed E-state index contributed by atoms with van der Waals surface area (Å²) in [5.74, 6) is 0.555. The van der Waals surface area contributed by atoms with E-state index in [4.69, 9.17) is 5.73 Å². The Hall–Kier alpha value is -1.71. The first-order valence-electron chi connectivity index (χ1n) is 6.74. The van der Waals surface area contributed by atoms with Gasteiger partial charge < -0.3 is 14.9 Å². The van der Waals surface area contributed by atoms with Crippen molar-refractivity contribution in [2.75, 3.05) is 0 Å². The summed E-state index contributed by atoms with van der Waals surface area (Å²) in [7, 11) is -1.81. The Morgan fingerprint density at radius 1 is 1.48 bits per heavy atom.